The molecule has 3 rings (SSSR count). The van der Waals surface area contributed by atoms with Crippen LogP contribution in [0.3, 0.4) is 0 Å². The van der Waals surface area contributed by atoms with E-state index in [2.05, 4.69) is 5.32 Å². The molecule has 0 heterocycles. The van der Waals surface area contributed by atoms with E-state index < -0.39 is 12.1 Å². The third kappa shape index (κ3) is 2.83. The molecule has 0 spiro atoms. The summed E-state index contributed by atoms with van der Waals surface area (Å²) in [6.07, 6.45) is -0.0811. The Bertz CT molecular complexity index is 747. The summed E-state index contributed by atoms with van der Waals surface area (Å²) in [7, 11) is 3.11. The molecule has 126 valence electrons. The smallest absolute Gasteiger partial charge is 0.252 e. The number of hydrogen-bond donors (Lipinski definition) is 2. The van der Waals surface area contributed by atoms with Crippen LogP contribution in [0.2, 0.25) is 0 Å². The monoisotopic (exact) mass is 327 g/mol. The Morgan fingerprint density at radius 1 is 1.17 bits per heavy atom. The molecule has 2 N–H and O–H groups in total. The summed E-state index contributed by atoms with van der Waals surface area (Å²) < 4.78 is 10.6. The van der Waals surface area contributed by atoms with E-state index in [1.54, 1.807) is 26.4 Å². The van der Waals surface area contributed by atoms with E-state index >= 15 is 0 Å². The van der Waals surface area contributed by atoms with Crippen LogP contribution in [0.5, 0.6) is 11.5 Å². The van der Waals surface area contributed by atoms with Crippen LogP contribution < -0.4 is 14.8 Å². The van der Waals surface area contributed by atoms with Crippen LogP contribution >= 0.6 is 0 Å². The first-order valence-corrected chi connectivity index (χ1v) is 7.84. The Hall–Kier alpha value is -2.53. The lowest BCUT2D eigenvalue weighted by Gasteiger charge is -2.19. The van der Waals surface area contributed by atoms with Gasteiger partial charge in [0.1, 0.15) is 11.5 Å². The van der Waals surface area contributed by atoms with Crippen molar-refractivity contribution in [2.24, 2.45) is 0 Å². The maximum atomic E-state index is 12.7. The van der Waals surface area contributed by atoms with Gasteiger partial charge >= 0.3 is 0 Å². The van der Waals surface area contributed by atoms with Gasteiger partial charge in [0, 0.05) is 17.5 Å². The van der Waals surface area contributed by atoms with Gasteiger partial charge in [-0.2, -0.15) is 0 Å². The Labute approximate surface area is 141 Å². The van der Waals surface area contributed by atoms with Crippen LogP contribution in [0.15, 0.2) is 36.4 Å². The summed E-state index contributed by atoms with van der Waals surface area (Å²) >= 11 is 0. The molecular formula is C19H21NO4. The molecule has 1 amide bonds. The number of aliphatic hydroxyl groups is 1. The molecule has 0 bridgehead atoms. The highest BCUT2D eigenvalue weighted by Crippen LogP contribution is 2.33. The molecule has 1 aliphatic rings. The highest BCUT2D eigenvalue weighted by molar-refractivity contribution is 5.95. The Balaban J connectivity index is 1.88. The van der Waals surface area contributed by atoms with Gasteiger partial charge in [-0.15, -0.1) is 0 Å². The van der Waals surface area contributed by atoms with Crippen LogP contribution in [-0.4, -0.2) is 31.3 Å². The second-order valence-electron chi connectivity index (χ2n) is 5.93. The van der Waals surface area contributed by atoms with Crippen molar-refractivity contribution in [3.05, 3.63) is 58.7 Å². The van der Waals surface area contributed by atoms with Gasteiger partial charge in [0.15, 0.2) is 0 Å². The number of amides is 1. The summed E-state index contributed by atoms with van der Waals surface area (Å²) in [5, 5.41) is 13.2. The molecule has 0 aliphatic heterocycles. The van der Waals surface area contributed by atoms with Gasteiger partial charge in [-0.1, -0.05) is 24.3 Å². The third-order valence-corrected chi connectivity index (χ3v) is 4.50. The van der Waals surface area contributed by atoms with Crippen LogP contribution in [0.1, 0.15) is 33.1 Å². The largest absolute Gasteiger partial charge is 0.496 e. The molecule has 0 saturated heterocycles. The molecule has 2 aromatic carbocycles. The maximum Gasteiger partial charge on any atom is 0.252 e. The molecule has 5 heteroatoms. The number of rotatable bonds is 4. The number of ether oxygens (including phenoxy) is 2. The first kappa shape index (κ1) is 16.3. The average Bonchev–Trinajstić information content (AvgIpc) is 2.90. The Kier molecular flexibility index (Phi) is 4.44. The predicted octanol–water partition coefficient (Wildman–Crippen LogP) is 2.40. The summed E-state index contributed by atoms with van der Waals surface area (Å²) in [5.74, 6) is 0.908. The van der Waals surface area contributed by atoms with Crippen molar-refractivity contribution >= 4 is 5.91 Å². The van der Waals surface area contributed by atoms with E-state index in [0.717, 1.165) is 16.7 Å². The summed E-state index contributed by atoms with van der Waals surface area (Å²) in [5.41, 5.74) is 3.30. The van der Waals surface area contributed by atoms with Crippen LogP contribution in [-0.2, 0) is 6.42 Å². The van der Waals surface area contributed by atoms with Crippen molar-refractivity contribution < 1.29 is 19.4 Å². The van der Waals surface area contributed by atoms with Crippen molar-refractivity contribution in [1.29, 1.82) is 0 Å². The molecule has 0 fully saturated rings. The van der Waals surface area contributed by atoms with Crippen LogP contribution in [0, 0.1) is 6.92 Å². The SMILES string of the molecule is COc1cc(C(=O)NC2c3ccccc3CC2O)cc(OC)c1C. The lowest BCUT2D eigenvalue weighted by Crippen LogP contribution is -2.33. The van der Waals surface area contributed by atoms with Gasteiger partial charge in [-0.25, -0.2) is 0 Å². The lowest BCUT2D eigenvalue weighted by atomic mass is 10.1. The van der Waals surface area contributed by atoms with E-state index in [-0.39, 0.29) is 5.91 Å². The molecule has 0 saturated carbocycles. The van der Waals surface area contributed by atoms with Crippen molar-refractivity contribution in [3.8, 4) is 11.5 Å². The van der Waals surface area contributed by atoms with Crippen molar-refractivity contribution in [2.75, 3.05) is 14.2 Å². The number of fused-ring (bicyclic) bond motifs is 1. The summed E-state index contributed by atoms with van der Waals surface area (Å²) in [6.45, 7) is 1.87. The first-order chi connectivity index (χ1) is 11.5. The molecule has 2 atom stereocenters. The second-order valence-corrected chi connectivity index (χ2v) is 5.93. The van der Waals surface area contributed by atoms with E-state index in [0.29, 0.717) is 23.5 Å². The zero-order chi connectivity index (χ0) is 17.3. The third-order valence-electron chi connectivity index (χ3n) is 4.50. The number of benzene rings is 2. The number of carbonyl (C=O) groups excluding carboxylic acids is 1. The van der Waals surface area contributed by atoms with Gasteiger partial charge in [0.25, 0.3) is 5.91 Å². The number of aliphatic hydroxyl groups excluding tert-OH is 1. The number of nitrogens with one attached hydrogen (secondary N) is 1. The van der Waals surface area contributed by atoms with E-state index in [1.165, 1.54) is 0 Å². The highest BCUT2D eigenvalue weighted by Gasteiger charge is 2.32. The van der Waals surface area contributed by atoms with Gasteiger partial charge in [-0.05, 0) is 30.2 Å². The summed E-state index contributed by atoms with van der Waals surface area (Å²) in [6, 6.07) is 10.7. The lowest BCUT2D eigenvalue weighted by molar-refractivity contribution is 0.0857. The van der Waals surface area contributed by atoms with E-state index in [4.69, 9.17) is 9.47 Å². The first-order valence-electron chi connectivity index (χ1n) is 7.84. The van der Waals surface area contributed by atoms with Crippen molar-refractivity contribution in [3.63, 3.8) is 0 Å². The number of carbonyl (C=O) groups is 1. The Morgan fingerprint density at radius 3 is 2.42 bits per heavy atom. The number of methoxy groups -OCH3 is 2. The molecule has 2 unspecified atom stereocenters. The van der Waals surface area contributed by atoms with Crippen LogP contribution in [0.25, 0.3) is 0 Å². The molecular weight excluding hydrogens is 306 g/mol. The van der Waals surface area contributed by atoms with E-state index in [1.807, 2.05) is 31.2 Å². The standard InChI is InChI=1S/C19H21NO4/c1-11-16(23-2)9-13(10-17(11)24-3)19(22)20-18-14-7-5-4-6-12(14)8-15(18)21/h4-7,9-10,15,18,21H,8H2,1-3H3,(H,20,22). The number of hydrogen-bond acceptors (Lipinski definition) is 4. The highest BCUT2D eigenvalue weighted by atomic mass is 16.5. The minimum atomic E-state index is -0.624. The Morgan fingerprint density at radius 2 is 1.79 bits per heavy atom. The fourth-order valence-corrected chi connectivity index (χ4v) is 3.19. The molecule has 0 radical (unpaired) electrons. The van der Waals surface area contributed by atoms with Crippen molar-refractivity contribution in [1.82, 2.24) is 5.32 Å². The minimum Gasteiger partial charge on any atom is -0.496 e. The normalized spacial score (nSPS) is 18.8. The quantitative estimate of drug-likeness (QED) is 0.905. The maximum absolute atomic E-state index is 12.7. The molecule has 1 aliphatic carbocycles. The van der Waals surface area contributed by atoms with Gasteiger partial charge in [0.05, 0.1) is 26.4 Å². The molecule has 5 nitrogen and oxygen atoms in total. The van der Waals surface area contributed by atoms with Gasteiger partial charge < -0.3 is 19.9 Å². The van der Waals surface area contributed by atoms with Gasteiger partial charge in [0.2, 0.25) is 0 Å². The predicted molar refractivity (Wildman–Crippen MR) is 90.6 cm³/mol. The van der Waals surface area contributed by atoms with Gasteiger partial charge in [-0.3, -0.25) is 4.79 Å². The van der Waals surface area contributed by atoms with Crippen molar-refractivity contribution in [2.45, 2.75) is 25.5 Å². The van der Waals surface area contributed by atoms with E-state index in [9.17, 15) is 9.90 Å². The molecule has 24 heavy (non-hydrogen) atoms. The minimum absolute atomic E-state index is 0.271. The topological polar surface area (TPSA) is 67.8 Å². The van der Waals surface area contributed by atoms with Crippen LogP contribution in [0.4, 0.5) is 0 Å². The average molecular weight is 327 g/mol. The second kappa shape index (κ2) is 6.53. The molecule has 0 aromatic heterocycles. The zero-order valence-electron chi connectivity index (χ0n) is 14.0. The fraction of sp³-hybridized carbons (Fsp3) is 0.316. The zero-order valence-corrected chi connectivity index (χ0v) is 14.0. The molecule has 2 aromatic rings. The fourth-order valence-electron chi connectivity index (χ4n) is 3.19. The summed E-state index contributed by atoms with van der Waals surface area (Å²) in [4.78, 5) is 12.7.